The van der Waals surface area contributed by atoms with Crippen molar-refractivity contribution in [3.8, 4) is 0 Å². The number of carbonyl (C=O) groups excluding carboxylic acids is 1. The first-order valence-corrected chi connectivity index (χ1v) is 11.9. The topological polar surface area (TPSA) is 55.8 Å². The summed E-state index contributed by atoms with van der Waals surface area (Å²) < 4.78 is 10.1. The number of rotatable bonds is 12. The number of benzene rings is 3. The van der Waals surface area contributed by atoms with E-state index in [4.69, 9.17) is 8.75 Å². The average molecular weight is 462 g/mol. The Hall–Kier alpha value is -2.38. The van der Waals surface area contributed by atoms with E-state index in [-0.39, 0.29) is 11.2 Å². The van der Waals surface area contributed by atoms with Crippen LogP contribution in [0.3, 0.4) is 0 Å². The summed E-state index contributed by atoms with van der Waals surface area (Å²) >= 11 is 0.925. The quantitative estimate of drug-likeness (QED) is 0.159. The van der Waals surface area contributed by atoms with E-state index in [2.05, 4.69) is 72.8 Å². The molecule has 3 rings (SSSR count). The van der Waals surface area contributed by atoms with Crippen LogP contribution in [0.5, 0.6) is 0 Å². The van der Waals surface area contributed by atoms with Crippen molar-refractivity contribution in [1.29, 1.82) is 0 Å². The maximum atomic E-state index is 11.6. The molecule has 1 N–H and O–H groups in total. The number of ketones is 1. The van der Waals surface area contributed by atoms with Gasteiger partial charge in [0.2, 0.25) is 0 Å². The fourth-order valence-corrected chi connectivity index (χ4v) is 4.37. The zero-order valence-electron chi connectivity index (χ0n) is 19.4. The lowest BCUT2D eigenvalue weighted by atomic mass is 9.67. The molecule has 0 spiro atoms. The van der Waals surface area contributed by atoms with Crippen LogP contribution in [0.25, 0.3) is 0 Å². The molecule has 4 nitrogen and oxygen atoms in total. The summed E-state index contributed by atoms with van der Waals surface area (Å²) in [7, 11) is -1.40. The first-order chi connectivity index (χ1) is 15.9. The van der Waals surface area contributed by atoms with Gasteiger partial charge in [-0.25, -0.2) is 0 Å². The lowest BCUT2D eigenvalue weighted by Gasteiger charge is -2.36. The van der Waals surface area contributed by atoms with Crippen LogP contribution in [0.1, 0.15) is 50.3 Å². The van der Waals surface area contributed by atoms with Crippen LogP contribution < -0.4 is 0 Å². The number of carbonyl (C=O) groups is 1. The Morgan fingerprint density at radius 1 is 0.848 bits per heavy atom. The highest BCUT2D eigenvalue weighted by molar-refractivity contribution is 7.97. The predicted molar refractivity (Wildman–Crippen MR) is 136 cm³/mol. The van der Waals surface area contributed by atoms with Crippen molar-refractivity contribution in [1.82, 2.24) is 0 Å². The molecule has 0 unspecified atom stereocenters. The van der Waals surface area contributed by atoms with Crippen molar-refractivity contribution >= 4 is 25.1 Å². The molecule has 0 bridgehead atoms. The maximum Gasteiger partial charge on any atom is 0.648 e. The van der Waals surface area contributed by atoms with E-state index in [0.717, 1.165) is 18.5 Å². The monoisotopic (exact) mass is 462 g/mol. The van der Waals surface area contributed by atoms with E-state index in [0.29, 0.717) is 13.0 Å². The average Bonchev–Trinajstić information content (AvgIpc) is 2.84. The van der Waals surface area contributed by atoms with Crippen LogP contribution >= 0.6 is 12.0 Å². The van der Waals surface area contributed by atoms with Gasteiger partial charge in [0.1, 0.15) is 5.78 Å². The molecule has 0 aromatic heterocycles. The van der Waals surface area contributed by atoms with Gasteiger partial charge in [0, 0.05) is 12.0 Å². The van der Waals surface area contributed by atoms with Crippen LogP contribution in [0.15, 0.2) is 91.0 Å². The summed E-state index contributed by atoms with van der Waals surface area (Å²) in [6.45, 7) is 5.32. The molecule has 33 heavy (non-hydrogen) atoms. The number of Topliss-reactive ketones (excluding diaryl/α,β-unsaturated/α-hetero) is 1. The molecule has 0 aliphatic heterocycles. The molecule has 0 fully saturated rings. The molecule has 0 atom stereocenters. The third kappa shape index (κ3) is 6.36. The third-order valence-electron chi connectivity index (χ3n) is 5.94. The summed E-state index contributed by atoms with van der Waals surface area (Å²) in [4.78, 5) is 11.6. The molecule has 6 heteroatoms. The largest absolute Gasteiger partial charge is 0.648 e. The van der Waals surface area contributed by atoms with Crippen LogP contribution in [0.2, 0.25) is 0 Å². The fraction of sp³-hybridized carbons (Fsp3) is 0.296. The van der Waals surface area contributed by atoms with Gasteiger partial charge in [0.15, 0.2) is 0 Å². The van der Waals surface area contributed by atoms with E-state index in [1.807, 2.05) is 18.2 Å². The van der Waals surface area contributed by atoms with E-state index in [9.17, 15) is 9.82 Å². The lowest BCUT2D eigenvalue weighted by Crippen LogP contribution is -2.31. The van der Waals surface area contributed by atoms with Crippen molar-refractivity contribution in [2.45, 2.75) is 43.8 Å². The van der Waals surface area contributed by atoms with Gasteiger partial charge in [-0.3, -0.25) is 4.79 Å². The molecule has 0 aliphatic rings. The van der Waals surface area contributed by atoms with Crippen LogP contribution in [-0.2, 0) is 19.0 Å². The molecule has 172 valence electrons. The van der Waals surface area contributed by atoms with Crippen LogP contribution in [-0.4, -0.2) is 29.5 Å². The summed E-state index contributed by atoms with van der Waals surface area (Å²) in [5.41, 5.74) is 3.26. The van der Waals surface area contributed by atoms with Crippen LogP contribution in [0, 0.1) is 0 Å². The second-order valence-corrected chi connectivity index (χ2v) is 9.91. The molecular weight excluding hydrogens is 431 g/mol. The van der Waals surface area contributed by atoms with Gasteiger partial charge in [-0.15, -0.1) is 0 Å². The molecule has 3 aromatic carbocycles. The summed E-state index contributed by atoms with van der Waals surface area (Å²) in [6, 6.07) is 31.5. The standard InChI is InChI=1S/C27H31BO4S/c1-22(29)26(2,3)33-32-28(30)31-21-13-20-27(23-14-7-4-8-15-23,24-16-9-5-10-17-24)25-18-11-6-12-19-25/h4-12,14-19,30H,13,20-21H2,1-3H3. The fourth-order valence-electron chi connectivity index (χ4n) is 3.87. The second kappa shape index (κ2) is 11.7. The van der Waals surface area contributed by atoms with Crippen molar-refractivity contribution in [3.05, 3.63) is 108 Å². The highest BCUT2D eigenvalue weighted by Crippen LogP contribution is 2.43. The normalized spacial score (nSPS) is 11.9. The molecule has 0 saturated carbocycles. The number of hydrogen-bond donors (Lipinski definition) is 1. The van der Waals surface area contributed by atoms with Gasteiger partial charge in [-0.1, -0.05) is 91.0 Å². The Bertz CT molecular complexity index is 900. The van der Waals surface area contributed by atoms with Crippen molar-refractivity contribution in [3.63, 3.8) is 0 Å². The smallest absolute Gasteiger partial charge is 0.401 e. The Kier molecular flexibility index (Phi) is 8.92. The summed E-state index contributed by atoms with van der Waals surface area (Å²) in [5, 5.41) is 10.1. The van der Waals surface area contributed by atoms with Crippen molar-refractivity contribution < 1.29 is 18.6 Å². The molecule has 0 heterocycles. The molecule has 0 saturated heterocycles. The minimum absolute atomic E-state index is 0.0296. The Labute approximate surface area is 201 Å². The highest BCUT2D eigenvalue weighted by atomic mass is 32.2. The zero-order chi connectivity index (χ0) is 23.7. The zero-order valence-corrected chi connectivity index (χ0v) is 20.3. The minimum atomic E-state index is -1.40. The summed E-state index contributed by atoms with van der Waals surface area (Å²) in [5.74, 6) is -0.0296. The van der Waals surface area contributed by atoms with E-state index in [1.165, 1.54) is 23.6 Å². The van der Waals surface area contributed by atoms with Gasteiger partial charge in [0.25, 0.3) is 0 Å². The molecule has 0 radical (unpaired) electrons. The van der Waals surface area contributed by atoms with Crippen molar-refractivity contribution in [2.24, 2.45) is 0 Å². The minimum Gasteiger partial charge on any atom is -0.401 e. The predicted octanol–water partition coefficient (Wildman–Crippen LogP) is 5.83. The van der Waals surface area contributed by atoms with E-state index < -0.39 is 12.1 Å². The number of hydrogen-bond acceptors (Lipinski definition) is 5. The van der Waals surface area contributed by atoms with Crippen molar-refractivity contribution in [2.75, 3.05) is 6.61 Å². The SMILES string of the molecule is CC(=O)C(C)(C)SOB(O)OCCCC(c1ccccc1)(c1ccccc1)c1ccccc1. The molecule has 0 aliphatic carbocycles. The van der Waals surface area contributed by atoms with E-state index >= 15 is 0 Å². The second-order valence-electron chi connectivity index (χ2n) is 8.53. The highest BCUT2D eigenvalue weighted by Gasteiger charge is 2.36. The maximum absolute atomic E-state index is 11.6. The summed E-state index contributed by atoms with van der Waals surface area (Å²) in [6.07, 6.45) is 1.48. The third-order valence-corrected chi connectivity index (χ3v) is 6.91. The first-order valence-electron chi connectivity index (χ1n) is 11.2. The molecule has 0 amide bonds. The van der Waals surface area contributed by atoms with Gasteiger partial charge in [-0.2, -0.15) is 0 Å². The van der Waals surface area contributed by atoms with Gasteiger partial charge in [-0.05, 0) is 62.3 Å². The van der Waals surface area contributed by atoms with Gasteiger partial charge >= 0.3 is 7.32 Å². The van der Waals surface area contributed by atoms with Gasteiger partial charge < -0.3 is 13.8 Å². The Morgan fingerprint density at radius 3 is 1.67 bits per heavy atom. The molecule has 3 aromatic rings. The van der Waals surface area contributed by atoms with E-state index in [1.54, 1.807) is 13.8 Å². The van der Waals surface area contributed by atoms with Crippen LogP contribution in [0.4, 0.5) is 0 Å². The molecular formula is C27H31BO4S. The lowest BCUT2D eigenvalue weighted by molar-refractivity contribution is -0.118. The first kappa shape index (κ1) is 25.3. The van der Waals surface area contributed by atoms with Gasteiger partial charge in [0.05, 0.1) is 4.75 Å². The Balaban J connectivity index is 1.78. The Morgan fingerprint density at radius 2 is 1.27 bits per heavy atom.